The van der Waals surface area contributed by atoms with Crippen LogP contribution in [0.2, 0.25) is 0 Å². The molecule has 2 N–H and O–H groups in total. The number of amides is 1. The molecule has 0 unspecified atom stereocenters. The number of hydrogen-bond acceptors (Lipinski definition) is 4. The topological polar surface area (TPSA) is 84.5 Å². The summed E-state index contributed by atoms with van der Waals surface area (Å²) in [5.41, 5.74) is 2.08. The first-order chi connectivity index (χ1) is 12.4. The zero-order valence-electron chi connectivity index (χ0n) is 15.0. The van der Waals surface area contributed by atoms with Crippen LogP contribution in [0, 0.1) is 6.92 Å². The maximum Gasteiger partial charge on any atom is 0.240 e. The predicted octanol–water partition coefficient (Wildman–Crippen LogP) is 2.03. The molecule has 2 aromatic rings. The lowest BCUT2D eigenvalue weighted by atomic mass is 10.1. The quantitative estimate of drug-likeness (QED) is 0.656. The number of benzene rings is 2. The Balaban J connectivity index is 1.69. The van der Waals surface area contributed by atoms with Crippen molar-refractivity contribution in [1.82, 2.24) is 10.0 Å². The fraction of sp³-hybridized carbons (Fsp3) is 0.316. The van der Waals surface area contributed by atoms with Gasteiger partial charge in [0.15, 0.2) is 0 Å². The zero-order valence-corrected chi connectivity index (χ0v) is 15.8. The maximum absolute atomic E-state index is 11.9. The molecule has 0 bridgehead atoms. The number of carbonyl (C=O) groups is 1. The van der Waals surface area contributed by atoms with Crippen LogP contribution in [0.3, 0.4) is 0 Å². The Morgan fingerprint density at radius 2 is 1.69 bits per heavy atom. The molecule has 0 atom stereocenters. The highest BCUT2D eigenvalue weighted by Crippen LogP contribution is 2.12. The van der Waals surface area contributed by atoms with E-state index in [0.717, 1.165) is 11.3 Å². The van der Waals surface area contributed by atoms with Gasteiger partial charge < -0.3 is 10.1 Å². The van der Waals surface area contributed by atoms with E-state index in [1.807, 2.05) is 31.2 Å². The van der Waals surface area contributed by atoms with Crippen LogP contribution in [0.5, 0.6) is 5.75 Å². The van der Waals surface area contributed by atoms with Crippen LogP contribution in [0.15, 0.2) is 53.4 Å². The smallest absolute Gasteiger partial charge is 0.240 e. The highest BCUT2D eigenvalue weighted by Gasteiger charge is 2.10. The van der Waals surface area contributed by atoms with Crippen molar-refractivity contribution in [2.24, 2.45) is 0 Å². The first-order valence-electron chi connectivity index (χ1n) is 8.39. The van der Waals surface area contributed by atoms with Crippen LogP contribution in [0.25, 0.3) is 0 Å². The molecule has 140 valence electrons. The van der Waals surface area contributed by atoms with Gasteiger partial charge in [0.1, 0.15) is 12.4 Å². The minimum absolute atomic E-state index is 0.0653. The molecule has 6 nitrogen and oxygen atoms in total. The molecule has 2 rings (SSSR count). The largest absolute Gasteiger partial charge is 0.492 e. The summed E-state index contributed by atoms with van der Waals surface area (Å²) in [6.07, 6.45) is 0.882. The summed E-state index contributed by atoms with van der Waals surface area (Å²) in [4.78, 5) is 12.1. The molecule has 0 fully saturated rings. The van der Waals surface area contributed by atoms with Gasteiger partial charge in [-0.15, -0.1) is 0 Å². The van der Waals surface area contributed by atoms with Gasteiger partial charge in [-0.3, -0.25) is 4.79 Å². The average Bonchev–Trinajstić information content (AvgIpc) is 2.65. The van der Waals surface area contributed by atoms with E-state index >= 15 is 0 Å². The molecule has 26 heavy (non-hydrogen) atoms. The fourth-order valence-corrected chi connectivity index (χ4v) is 3.02. The van der Waals surface area contributed by atoms with Gasteiger partial charge in [-0.2, -0.15) is 0 Å². The second-order valence-electron chi connectivity index (χ2n) is 5.86. The number of ether oxygens (including phenoxy) is 1. The summed E-state index contributed by atoms with van der Waals surface area (Å²) >= 11 is 0. The summed E-state index contributed by atoms with van der Waals surface area (Å²) in [6.45, 7) is 2.86. The fourth-order valence-electron chi connectivity index (χ4n) is 2.29. The SMILES string of the molecule is CNS(=O)(=O)c1ccc(CCC(=O)NCCOc2ccc(C)cc2)cc1. The maximum atomic E-state index is 11.9. The third-order valence-corrected chi connectivity index (χ3v) is 5.29. The van der Waals surface area contributed by atoms with E-state index in [2.05, 4.69) is 10.0 Å². The van der Waals surface area contributed by atoms with Crippen molar-refractivity contribution in [2.45, 2.75) is 24.7 Å². The molecule has 0 radical (unpaired) electrons. The summed E-state index contributed by atoms with van der Waals surface area (Å²) in [5.74, 6) is 0.714. The molecule has 0 saturated heterocycles. The lowest BCUT2D eigenvalue weighted by Gasteiger charge is -2.08. The minimum atomic E-state index is -3.43. The second kappa shape index (κ2) is 9.35. The van der Waals surface area contributed by atoms with Gasteiger partial charge >= 0.3 is 0 Å². The summed E-state index contributed by atoms with van der Waals surface area (Å²) in [6, 6.07) is 14.3. The molecule has 1 amide bonds. The summed E-state index contributed by atoms with van der Waals surface area (Å²) in [7, 11) is -2.06. The summed E-state index contributed by atoms with van der Waals surface area (Å²) in [5, 5.41) is 2.81. The molecule has 0 saturated carbocycles. The average molecular weight is 376 g/mol. The van der Waals surface area contributed by atoms with Crippen molar-refractivity contribution in [3.63, 3.8) is 0 Å². The highest BCUT2D eigenvalue weighted by atomic mass is 32.2. The van der Waals surface area contributed by atoms with Gasteiger partial charge in [-0.05, 0) is 50.2 Å². The van der Waals surface area contributed by atoms with Gasteiger partial charge in [0.05, 0.1) is 11.4 Å². The standard InChI is InChI=1S/C19H24N2O4S/c1-15-3-8-17(9-4-15)25-14-13-21-19(22)12-7-16-5-10-18(11-6-16)26(23,24)20-2/h3-6,8-11,20H,7,12-14H2,1-2H3,(H,21,22). The number of sulfonamides is 1. The van der Waals surface area contributed by atoms with E-state index in [4.69, 9.17) is 4.74 Å². The third kappa shape index (κ3) is 6.16. The van der Waals surface area contributed by atoms with E-state index < -0.39 is 10.0 Å². The molecule has 2 aromatic carbocycles. The van der Waals surface area contributed by atoms with E-state index in [9.17, 15) is 13.2 Å². The molecule has 0 aliphatic heterocycles. The summed E-state index contributed by atoms with van der Waals surface area (Å²) < 4.78 is 31.1. The van der Waals surface area contributed by atoms with Crippen LogP contribution in [0.4, 0.5) is 0 Å². The van der Waals surface area contributed by atoms with Crippen molar-refractivity contribution >= 4 is 15.9 Å². The van der Waals surface area contributed by atoms with Crippen LogP contribution in [0.1, 0.15) is 17.5 Å². The number of hydrogen-bond donors (Lipinski definition) is 2. The Morgan fingerprint density at radius 3 is 2.31 bits per heavy atom. The Kier molecular flexibility index (Phi) is 7.17. The van der Waals surface area contributed by atoms with Crippen molar-refractivity contribution in [1.29, 1.82) is 0 Å². The van der Waals surface area contributed by atoms with Gasteiger partial charge in [0.2, 0.25) is 15.9 Å². The monoisotopic (exact) mass is 376 g/mol. The zero-order chi connectivity index (χ0) is 19.0. The van der Waals surface area contributed by atoms with E-state index in [-0.39, 0.29) is 10.8 Å². The number of aryl methyl sites for hydroxylation is 2. The Bertz CT molecular complexity index is 816. The number of rotatable bonds is 9. The van der Waals surface area contributed by atoms with Gasteiger partial charge in [0.25, 0.3) is 0 Å². The van der Waals surface area contributed by atoms with E-state index in [1.165, 1.54) is 24.7 Å². The van der Waals surface area contributed by atoms with Crippen molar-refractivity contribution in [3.05, 3.63) is 59.7 Å². The first-order valence-corrected chi connectivity index (χ1v) is 9.88. The molecule has 0 heterocycles. The molecule has 0 spiro atoms. The number of carbonyl (C=O) groups excluding carboxylic acids is 1. The third-order valence-electron chi connectivity index (χ3n) is 3.86. The van der Waals surface area contributed by atoms with Crippen molar-refractivity contribution in [2.75, 3.05) is 20.2 Å². The Labute approximate surface area is 154 Å². The normalized spacial score (nSPS) is 11.2. The Morgan fingerprint density at radius 1 is 1.04 bits per heavy atom. The van der Waals surface area contributed by atoms with Gasteiger partial charge in [-0.25, -0.2) is 13.1 Å². The second-order valence-corrected chi connectivity index (χ2v) is 7.75. The van der Waals surface area contributed by atoms with E-state index in [0.29, 0.717) is 26.0 Å². The van der Waals surface area contributed by atoms with Crippen LogP contribution in [-0.4, -0.2) is 34.5 Å². The van der Waals surface area contributed by atoms with Gasteiger partial charge in [-0.1, -0.05) is 29.8 Å². The first kappa shape index (κ1) is 19.9. The van der Waals surface area contributed by atoms with Crippen LogP contribution >= 0.6 is 0 Å². The lowest BCUT2D eigenvalue weighted by molar-refractivity contribution is -0.121. The molecule has 0 aromatic heterocycles. The van der Waals surface area contributed by atoms with Gasteiger partial charge in [0, 0.05) is 6.42 Å². The predicted molar refractivity (Wildman–Crippen MR) is 101 cm³/mol. The minimum Gasteiger partial charge on any atom is -0.492 e. The number of nitrogens with one attached hydrogen (secondary N) is 2. The molecule has 0 aliphatic rings. The Hall–Kier alpha value is -2.38. The van der Waals surface area contributed by atoms with Crippen molar-refractivity contribution in [3.8, 4) is 5.75 Å². The lowest BCUT2D eigenvalue weighted by Crippen LogP contribution is -2.28. The van der Waals surface area contributed by atoms with Crippen LogP contribution in [-0.2, 0) is 21.2 Å². The van der Waals surface area contributed by atoms with Crippen molar-refractivity contribution < 1.29 is 17.9 Å². The molecule has 0 aliphatic carbocycles. The van der Waals surface area contributed by atoms with Crippen LogP contribution < -0.4 is 14.8 Å². The molecule has 7 heteroatoms. The molecular formula is C19H24N2O4S. The van der Waals surface area contributed by atoms with E-state index in [1.54, 1.807) is 12.1 Å². The molecular weight excluding hydrogens is 352 g/mol. The highest BCUT2D eigenvalue weighted by molar-refractivity contribution is 7.89.